The Morgan fingerprint density at radius 3 is 2.48 bits per heavy atom. The Morgan fingerprint density at radius 1 is 1.24 bits per heavy atom. The van der Waals surface area contributed by atoms with E-state index >= 15 is 0 Å². The number of halogens is 5. The lowest BCUT2D eigenvalue weighted by Crippen LogP contribution is -2.19. The van der Waals surface area contributed by atoms with Gasteiger partial charge in [-0.1, -0.05) is 13.3 Å². The number of hydrogen-bond donors (Lipinski definition) is 0. The van der Waals surface area contributed by atoms with Crippen LogP contribution in [0.1, 0.15) is 49.2 Å². The second-order valence-corrected chi connectivity index (χ2v) is 5.04. The molecule has 0 saturated heterocycles. The molecule has 1 heterocycles. The van der Waals surface area contributed by atoms with Crippen molar-refractivity contribution in [3.05, 3.63) is 29.1 Å². The minimum atomic E-state index is -4.93. The molecule has 10 heteroatoms. The van der Waals surface area contributed by atoms with Crippen LogP contribution in [0.3, 0.4) is 0 Å². The molecule has 0 bridgehead atoms. The van der Waals surface area contributed by atoms with Crippen molar-refractivity contribution < 1.29 is 36.2 Å². The van der Waals surface area contributed by atoms with Gasteiger partial charge in [0.2, 0.25) is 0 Å². The molecule has 1 aromatic rings. The molecule has 0 spiro atoms. The number of aromatic nitrogens is 2. The van der Waals surface area contributed by atoms with Crippen LogP contribution in [0.2, 0.25) is 0 Å². The summed E-state index contributed by atoms with van der Waals surface area (Å²) in [5, 5.41) is 0. The maximum absolute atomic E-state index is 13.1. The molecule has 0 fully saturated rings. The summed E-state index contributed by atoms with van der Waals surface area (Å²) in [6, 6.07) is -0.504. The third-order valence-corrected chi connectivity index (χ3v) is 3.02. The van der Waals surface area contributed by atoms with Crippen LogP contribution >= 0.6 is 0 Å². The van der Waals surface area contributed by atoms with Crippen LogP contribution in [-0.2, 0) is 10.9 Å². The van der Waals surface area contributed by atoms with E-state index in [-0.39, 0.29) is 18.6 Å². The number of ether oxygens (including phenoxy) is 2. The van der Waals surface area contributed by atoms with Crippen LogP contribution in [0.4, 0.5) is 22.0 Å². The molecule has 0 aliphatic heterocycles. The highest BCUT2D eigenvalue weighted by molar-refractivity contribution is 5.90. The number of hydrogen-bond acceptors (Lipinski definition) is 5. The first-order valence-electron chi connectivity index (χ1n) is 7.41. The Balaban J connectivity index is 2.90. The highest BCUT2D eigenvalue weighted by Crippen LogP contribution is 2.31. The Kier molecular flexibility index (Phi) is 7.72. The number of alkyl halides is 3. The van der Waals surface area contributed by atoms with Gasteiger partial charge in [0.05, 0.1) is 13.2 Å². The van der Waals surface area contributed by atoms with E-state index in [1.807, 2.05) is 6.92 Å². The summed E-state index contributed by atoms with van der Waals surface area (Å²) >= 11 is 0. The molecular formula is C15H17F5N2O3. The first kappa shape index (κ1) is 20.8. The van der Waals surface area contributed by atoms with Gasteiger partial charge in [0.15, 0.2) is 5.69 Å². The zero-order valence-electron chi connectivity index (χ0n) is 13.6. The predicted octanol–water partition coefficient (Wildman–Crippen LogP) is 4.39. The van der Waals surface area contributed by atoms with Crippen molar-refractivity contribution in [2.24, 2.45) is 0 Å². The summed E-state index contributed by atoms with van der Waals surface area (Å²) in [6.45, 7) is 2.64. The molecule has 140 valence electrons. The second kappa shape index (κ2) is 9.28. The van der Waals surface area contributed by atoms with Gasteiger partial charge in [-0.3, -0.25) is 0 Å². The summed E-state index contributed by atoms with van der Waals surface area (Å²) < 4.78 is 73.3. The van der Waals surface area contributed by atoms with E-state index in [9.17, 15) is 26.7 Å². The average molecular weight is 368 g/mol. The van der Waals surface area contributed by atoms with Gasteiger partial charge in [0, 0.05) is 12.6 Å². The maximum atomic E-state index is 13.1. The van der Waals surface area contributed by atoms with Crippen LogP contribution in [0.25, 0.3) is 0 Å². The van der Waals surface area contributed by atoms with E-state index in [1.165, 1.54) is 0 Å². The van der Waals surface area contributed by atoms with Gasteiger partial charge in [0.25, 0.3) is 6.08 Å². The largest absolute Gasteiger partial charge is 0.463 e. The van der Waals surface area contributed by atoms with E-state index in [0.29, 0.717) is 12.6 Å². The lowest BCUT2D eigenvalue weighted by molar-refractivity contribution is -0.142. The zero-order valence-corrected chi connectivity index (χ0v) is 13.6. The predicted molar refractivity (Wildman–Crippen MR) is 77.3 cm³/mol. The second-order valence-electron chi connectivity index (χ2n) is 5.04. The van der Waals surface area contributed by atoms with E-state index < -0.39 is 42.1 Å². The summed E-state index contributed by atoms with van der Waals surface area (Å²) in [5.74, 6) is -1.35. The molecule has 0 unspecified atom stereocenters. The van der Waals surface area contributed by atoms with Gasteiger partial charge < -0.3 is 9.47 Å². The lowest BCUT2D eigenvalue weighted by atomic mass is 10.2. The zero-order chi connectivity index (χ0) is 19.0. The number of rotatable bonds is 8. The minimum Gasteiger partial charge on any atom is -0.463 e. The molecule has 25 heavy (non-hydrogen) atoms. The maximum Gasteiger partial charge on any atom is 0.434 e. The highest BCUT2D eigenvalue weighted by Gasteiger charge is 2.39. The normalized spacial score (nSPS) is 11.2. The third-order valence-electron chi connectivity index (χ3n) is 3.02. The molecule has 5 nitrogen and oxygen atoms in total. The van der Waals surface area contributed by atoms with Gasteiger partial charge >= 0.3 is 18.2 Å². The summed E-state index contributed by atoms with van der Waals surface area (Å²) in [7, 11) is 0. The molecule has 1 rings (SSSR count). The van der Waals surface area contributed by atoms with Gasteiger partial charge in [-0.05, 0) is 18.9 Å². The van der Waals surface area contributed by atoms with Gasteiger partial charge in [0.1, 0.15) is 5.56 Å². The quantitative estimate of drug-likeness (QED) is 0.387. The first-order chi connectivity index (χ1) is 11.7. The Hall–Kier alpha value is -2.26. The number of unbranched alkanes of at least 4 members (excludes halogenated alkanes) is 1. The Morgan fingerprint density at radius 2 is 1.92 bits per heavy atom. The van der Waals surface area contributed by atoms with Gasteiger partial charge in [-0.15, -0.1) is 0 Å². The molecule has 0 aliphatic rings. The van der Waals surface area contributed by atoms with Crippen molar-refractivity contribution in [2.45, 2.75) is 39.3 Å². The molecule has 0 aromatic carbocycles. The first-order valence-corrected chi connectivity index (χ1v) is 7.41. The van der Waals surface area contributed by atoms with Crippen molar-refractivity contribution in [3.8, 4) is 6.01 Å². The minimum absolute atomic E-state index is 0.137. The number of nitrogens with zero attached hydrogens (tertiary/aromatic N) is 2. The monoisotopic (exact) mass is 368 g/mol. The SMILES string of the molecule is CCCCOc1ncc(C(=O)OCCC(C)=C(F)F)c(C(F)(F)F)n1. The van der Waals surface area contributed by atoms with Gasteiger partial charge in [-0.2, -0.15) is 26.9 Å². The van der Waals surface area contributed by atoms with Crippen LogP contribution in [0.5, 0.6) is 6.01 Å². The van der Waals surface area contributed by atoms with Crippen LogP contribution in [0.15, 0.2) is 17.9 Å². The summed E-state index contributed by atoms with van der Waals surface area (Å²) in [6.07, 6.45) is -5.13. The standard InChI is InChI=1S/C15H17F5N2O3/c1-3-4-6-25-14-21-8-10(11(22-14)15(18,19)20)13(23)24-7-5-9(2)12(16)17/h8H,3-7H2,1-2H3. The van der Waals surface area contributed by atoms with Crippen molar-refractivity contribution in [3.63, 3.8) is 0 Å². The Bertz CT molecular complexity index is 628. The average Bonchev–Trinajstić information content (AvgIpc) is 2.53. The molecule has 0 saturated carbocycles. The molecule has 0 N–H and O–H groups in total. The highest BCUT2D eigenvalue weighted by atomic mass is 19.4. The number of esters is 1. The number of carbonyl (C=O) groups is 1. The lowest BCUT2D eigenvalue weighted by Gasteiger charge is -2.12. The Labute approximate surface area is 140 Å². The fourth-order valence-electron chi connectivity index (χ4n) is 1.58. The van der Waals surface area contributed by atoms with Crippen LogP contribution in [0, 0.1) is 0 Å². The van der Waals surface area contributed by atoms with Crippen molar-refractivity contribution in [1.29, 1.82) is 0 Å². The van der Waals surface area contributed by atoms with E-state index in [1.54, 1.807) is 0 Å². The molecule has 1 aromatic heterocycles. The molecule has 0 atom stereocenters. The fraction of sp³-hybridized carbons (Fsp3) is 0.533. The van der Waals surface area contributed by atoms with Crippen molar-refractivity contribution in [2.75, 3.05) is 13.2 Å². The summed E-state index contributed by atoms with van der Waals surface area (Å²) in [4.78, 5) is 18.6. The molecule has 0 radical (unpaired) electrons. The molecule has 0 amide bonds. The summed E-state index contributed by atoms with van der Waals surface area (Å²) in [5.41, 5.74) is -2.72. The van der Waals surface area contributed by atoms with Crippen LogP contribution < -0.4 is 4.74 Å². The van der Waals surface area contributed by atoms with E-state index in [0.717, 1.165) is 13.3 Å². The topological polar surface area (TPSA) is 61.3 Å². The number of carbonyl (C=O) groups excluding carboxylic acids is 1. The van der Waals surface area contributed by atoms with Crippen molar-refractivity contribution in [1.82, 2.24) is 9.97 Å². The third kappa shape index (κ3) is 6.63. The fourth-order valence-corrected chi connectivity index (χ4v) is 1.58. The smallest absolute Gasteiger partial charge is 0.434 e. The van der Waals surface area contributed by atoms with Crippen molar-refractivity contribution >= 4 is 5.97 Å². The van der Waals surface area contributed by atoms with E-state index in [2.05, 4.69) is 14.7 Å². The molecule has 0 aliphatic carbocycles. The molecular weight excluding hydrogens is 351 g/mol. The van der Waals surface area contributed by atoms with Crippen LogP contribution in [-0.4, -0.2) is 29.2 Å². The van der Waals surface area contributed by atoms with E-state index in [4.69, 9.17) is 4.74 Å². The van der Waals surface area contributed by atoms with Gasteiger partial charge in [-0.25, -0.2) is 9.78 Å².